The number of hydrogen-bond donors (Lipinski definition) is 2. The van der Waals surface area contributed by atoms with Crippen molar-refractivity contribution in [3.8, 4) is 0 Å². The quantitative estimate of drug-likeness (QED) is 0.859. The van der Waals surface area contributed by atoms with Crippen molar-refractivity contribution in [2.24, 2.45) is 5.92 Å². The third-order valence-corrected chi connectivity index (χ3v) is 3.14. The number of nitrogens with one attached hydrogen (secondary N) is 2. The highest BCUT2D eigenvalue weighted by Crippen LogP contribution is 2.18. The van der Waals surface area contributed by atoms with Crippen LogP contribution in [-0.4, -0.2) is 19.0 Å². The van der Waals surface area contributed by atoms with Gasteiger partial charge in [0.25, 0.3) is 0 Å². The highest BCUT2D eigenvalue weighted by molar-refractivity contribution is 5.76. The summed E-state index contributed by atoms with van der Waals surface area (Å²) in [7, 11) is 0. The van der Waals surface area contributed by atoms with Crippen molar-refractivity contribution < 1.29 is 13.6 Å². The Bertz CT molecular complexity index is 447. The summed E-state index contributed by atoms with van der Waals surface area (Å²) in [6, 6.07) is 2.73. The Kier molecular flexibility index (Phi) is 3.91. The van der Waals surface area contributed by atoms with Gasteiger partial charge in [0.05, 0.1) is 6.04 Å². The smallest absolute Gasteiger partial charge is 0.220 e. The molecule has 5 heteroatoms. The van der Waals surface area contributed by atoms with Gasteiger partial charge in [-0.05, 0) is 44.1 Å². The van der Waals surface area contributed by atoms with E-state index in [-0.39, 0.29) is 11.5 Å². The Morgan fingerprint density at radius 3 is 2.83 bits per heavy atom. The van der Waals surface area contributed by atoms with E-state index in [1.165, 1.54) is 0 Å². The zero-order chi connectivity index (χ0) is 13.1. The van der Waals surface area contributed by atoms with Crippen LogP contribution < -0.4 is 10.6 Å². The van der Waals surface area contributed by atoms with E-state index in [0.717, 1.165) is 31.3 Å². The van der Waals surface area contributed by atoms with E-state index >= 15 is 0 Å². The van der Waals surface area contributed by atoms with Gasteiger partial charge in [0, 0.05) is 12.0 Å². The Morgan fingerprint density at radius 2 is 2.22 bits per heavy atom. The van der Waals surface area contributed by atoms with Gasteiger partial charge in [-0.25, -0.2) is 8.78 Å². The van der Waals surface area contributed by atoms with Crippen LogP contribution in [0.15, 0.2) is 18.2 Å². The maximum Gasteiger partial charge on any atom is 0.220 e. The number of rotatable bonds is 4. The van der Waals surface area contributed by atoms with E-state index in [2.05, 4.69) is 10.6 Å². The average molecular weight is 254 g/mol. The van der Waals surface area contributed by atoms with E-state index in [1.54, 1.807) is 6.92 Å². The van der Waals surface area contributed by atoms with Gasteiger partial charge >= 0.3 is 0 Å². The normalized spacial score (nSPS) is 17.1. The van der Waals surface area contributed by atoms with Crippen molar-refractivity contribution in [3.63, 3.8) is 0 Å². The monoisotopic (exact) mass is 254 g/mol. The van der Waals surface area contributed by atoms with Crippen LogP contribution in [0.1, 0.15) is 24.9 Å². The fourth-order valence-corrected chi connectivity index (χ4v) is 1.98. The second kappa shape index (κ2) is 5.44. The second-order valence-electron chi connectivity index (χ2n) is 4.68. The minimum Gasteiger partial charge on any atom is -0.349 e. The molecule has 0 spiro atoms. The average Bonchev–Trinajstić information content (AvgIpc) is 2.27. The molecule has 98 valence electrons. The van der Waals surface area contributed by atoms with Crippen LogP contribution in [0.2, 0.25) is 0 Å². The van der Waals surface area contributed by atoms with Gasteiger partial charge in [-0.2, -0.15) is 0 Å². The Morgan fingerprint density at radius 1 is 1.50 bits per heavy atom. The minimum atomic E-state index is -0.527. The lowest BCUT2D eigenvalue weighted by molar-refractivity contribution is -0.123. The molecule has 0 radical (unpaired) electrons. The molecule has 1 atom stereocenters. The van der Waals surface area contributed by atoms with Gasteiger partial charge < -0.3 is 10.6 Å². The lowest BCUT2D eigenvalue weighted by Gasteiger charge is -2.27. The predicted octanol–water partition coefficient (Wildman–Crippen LogP) is 1.75. The highest BCUT2D eigenvalue weighted by Gasteiger charge is 2.21. The molecule has 1 aromatic carbocycles. The van der Waals surface area contributed by atoms with Crippen molar-refractivity contribution in [3.05, 3.63) is 35.4 Å². The maximum atomic E-state index is 13.5. The number of benzene rings is 1. The van der Waals surface area contributed by atoms with Gasteiger partial charge in [0.15, 0.2) is 0 Å². The molecule has 0 aliphatic carbocycles. The molecular formula is C13H16F2N2O. The van der Waals surface area contributed by atoms with Crippen LogP contribution in [0, 0.1) is 17.6 Å². The number of carbonyl (C=O) groups is 1. The first-order valence-corrected chi connectivity index (χ1v) is 6.01. The maximum absolute atomic E-state index is 13.5. The molecule has 3 nitrogen and oxygen atoms in total. The molecule has 1 aromatic rings. The number of carbonyl (C=O) groups excluding carboxylic acids is 1. The number of amides is 1. The van der Waals surface area contributed by atoms with Crippen LogP contribution in [0.3, 0.4) is 0 Å². The van der Waals surface area contributed by atoms with Crippen molar-refractivity contribution in [2.45, 2.75) is 19.4 Å². The Balaban J connectivity index is 1.95. The molecule has 2 N–H and O–H groups in total. The van der Waals surface area contributed by atoms with Crippen molar-refractivity contribution >= 4 is 5.91 Å². The standard InChI is InChI=1S/C13H16F2N2O/c1-8(11-5-10(14)2-3-12(11)15)17-13(18)4-9-6-16-7-9/h2-3,5,8-9,16H,4,6-7H2,1H3,(H,17,18). The van der Waals surface area contributed by atoms with E-state index < -0.39 is 17.7 Å². The van der Waals surface area contributed by atoms with Crippen molar-refractivity contribution in [1.29, 1.82) is 0 Å². The Labute approximate surface area is 105 Å². The fraction of sp³-hybridized carbons (Fsp3) is 0.462. The lowest BCUT2D eigenvalue weighted by Crippen LogP contribution is -2.44. The van der Waals surface area contributed by atoms with Crippen LogP contribution >= 0.6 is 0 Å². The molecule has 0 saturated carbocycles. The summed E-state index contributed by atoms with van der Waals surface area (Å²) in [5, 5.41) is 5.77. The summed E-state index contributed by atoms with van der Waals surface area (Å²) in [5.74, 6) is -0.780. The molecule has 1 saturated heterocycles. The van der Waals surface area contributed by atoms with Gasteiger partial charge in [-0.15, -0.1) is 0 Å². The van der Waals surface area contributed by atoms with E-state index in [4.69, 9.17) is 0 Å². The topological polar surface area (TPSA) is 41.1 Å². The van der Waals surface area contributed by atoms with Crippen LogP contribution in [0.4, 0.5) is 8.78 Å². The fourth-order valence-electron chi connectivity index (χ4n) is 1.98. The van der Waals surface area contributed by atoms with Crippen LogP contribution in [0.5, 0.6) is 0 Å². The van der Waals surface area contributed by atoms with Crippen molar-refractivity contribution in [1.82, 2.24) is 10.6 Å². The number of hydrogen-bond acceptors (Lipinski definition) is 2. The summed E-state index contributed by atoms with van der Waals surface area (Å²) >= 11 is 0. The molecule has 18 heavy (non-hydrogen) atoms. The molecule has 2 rings (SSSR count). The lowest BCUT2D eigenvalue weighted by atomic mass is 9.98. The summed E-state index contributed by atoms with van der Waals surface area (Å²) in [5.41, 5.74) is 0.176. The van der Waals surface area contributed by atoms with Gasteiger partial charge in [0.2, 0.25) is 5.91 Å². The first-order valence-electron chi connectivity index (χ1n) is 6.01. The summed E-state index contributed by atoms with van der Waals surface area (Å²) < 4.78 is 26.5. The van der Waals surface area contributed by atoms with Gasteiger partial charge in [-0.3, -0.25) is 4.79 Å². The second-order valence-corrected chi connectivity index (χ2v) is 4.68. The minimum absolute atomic E-state index is 0.127. The van der Waals surface area contributed by atoms with Gasteiger partial charge in [0.1, 0.15) is 11.6 Å². The first kappa shape index (κ1) is 13.0. The molecular weight excluding hydrogens is 238 g/mol. The molecule has 0 aromatic heterocycles. The zero-order valence-corrected chi connectivity index (χ0v) is 10.2. The van der Waals surface area contributed by atoms with E-state index in [0.29, 0.717) is 12.3 Å². The van der Waals surface area contributed by atoms with Crippen LogP contribution in [-0.2, 0) is 4.79 Å². The molecule has 1 aliphatic rings. The summed E-state index contributed by atoms with van der Waals surface area (Å²) in [6.07, 6.45) is 0.425. The molecule has 0 bridgehead atoms. The largest absolute Gasteiger partial charge is 0.349 e. The SMILES string of the molecule is CC(NC(=O)CC1CNC1)c1cc(F)ccc1F. The Hall–Kier alpha value is -1.49. The van der Waals surface area contributed by atoms with E-state index in [1.807, 2.05) is 0 Å². The summed E-state index contributed by atoms with van der Waals surface area (Å²) in [4.78, 5) is 11.7. The molecule has 1 fully saturated rings. The van der Waals surface area contributed by atoms with Crippen LogP contribution in [0.25, 0.3) is 0 Å². The predicted molar refractivity (Wildman–Crippen MR) is 63.9 cm³/mol. The van der Waals surface area contributed by atoms with Gasteiger partial charge in [-0.1, -0.05) is 0 Å². The third-order valence-electron chi connectivity index (χ3n) is 3.14. The van der Waals surface area contributed by atoms with Crippen molar-refractivity contribution in [2.75, 3.05) is 13.1 Å². The third kappa shape index (κ3) is 3.04. The highest BCUT2D eigenvalue weighted by atomic mass is 19.1. The number of halogens is 2. The first-order chi connectivity index (χ1) is 8.56. The molecule has 1 unspecified atom stereocenters. The summed E-state index contributed by atoms with van der Waals surface area (Å²) in [6.45, 7) is 3.33. The molecule has 1 aliphatic heterocycles. The molecule has 1 heterocycles. The molecule has 1 amide bonds. The zero-order valence-electron chi connectivity index (χ0n) is 10.2. The van der Waals surface area contributed by atoms with E-state index in [9.17, 15) is 13.6 Å².